The summed E-state index contributed by atoms with van der Waals surface area (Å²) in [5.41, 5.74) is 2.65. The number of benzene rings is 1. The number of morpholine rings is 1. The van der Waals surface area contributed by atoms with E-state index in [0.29, 0.717) is 11.7 Å². The largest absolute Gasteiger partial charge is 0.493 e. The molecule has 1 aliphatic heterocycles. The highest BCUT2D eigenvalue weighted by Gasteiger charge is 2.23. The highest BCUT2D eigenvalue weighted by atomic mass is 32.1. The Labute approximate surface area is 196 Å². The van der Waals surface area contributed by atoms with Crippen molar-refractivity contribution in [2.24, 2.45) is 0 Å². The van der Waals surface area contributed by atoms with Gasteiger partial charge in [-0.3, -0.25) is 9.69 Å². The SMILES string of the molecule is CCOc1ccccc1-c1nc(CC(=O)Nc2nc(CN3C[C@@H](C)O[C@@H](C)C3)cs2)cs1. The summed E-state index contributed by atoms with van der Waals surface area (Å²) in [4.78, 5) is 24.1. The molecule has 3 heterocycles. The molecule has 0 aliphatic carbocycles. The molecule has 32 heavy (non-hydrogen) atoms. The van der Waals surface area contributed by atoms with Gasteiger partial charge in [-0.05, 0) is 32.9 Å². The van der Waals surface area contributed by atoms with E-state index in [2.05, 4.69) is 34.0 Å². The number of hydrogen-bond donors (Lipinski definition) is 1. The third-order valence-electron chi connectivity index (χ3n) is 4.99. The molecule has 0 unspecified atom stereocenters. The summed E-state index contributed by atoms with van der Waals surface area (Å²) in [7, 11) is 0. The highest BCUT2D eigenvalue weighted by Crippen LogP contribution is 2.32. The van der Waals surface area contributed by atoms with Gasteiger partial charge >= 0.3 is 0 Å². The number of anilines is 1. The Kier molecular flexibility index (Phi) is 7.51. The average Bonchev–Trinajstić information content (AvgIpc) is 3.37. The number of rotatable bonds is 8. The second-order valence-corrected chi connectivity index (χ2v) is 9.61. The fourth-order valence-corrected chi connectivity index (χ4v) is 5.41. The minimum Gasteiger partial charge on any atom is -0.493 e. The van der Waals surface area contributed by atoms with E-state index in [-0.39, 0.29) is 24.5 Å². The first-order valence-electron chi connectivity index (χ1n) is 10.8. The predicted octanol–water partition coefficient (Wildman–Crippen LogP) is 4.46. The minimum absolute atomic E-state index is 0.116. The van der Waals surface area contributed by atoms with Crippen LogP contribution in [-0.4, -0.2) is 52.7 Å². The van der Waals surface area contributed by atoms with Gasteiger partial charge in [0.25, 0.3) is 0 Å². The Morgan fingerprint density at radius 1 is 1.16 bits per heavy atom. The van der Waals surface area contributed by atoms with Crippen LogP contribution in [0.2, 0.25) is 0 Å². The van der Waals surface area contributed by atoms with Gasteiger partial charge in [0.05, 0.1) is 42.2 Å². The van der Waals surface area contributed by atoms with Crippen molar-refractivity contribution in [1.82, 2.24) is 14.9 Å². The van der Waals surface area contributed by atoms with Crippen molar-refractivity contribution in [1.29, 1.82) is 0 Å². The van der Waals surface area contributed by atoms with Crippen LogP contribution < -0.4 is 10.1 Å². The summed E-state index contributed by atoms with van der Waals surface area (Å²) in [6.07, 6.45) is 0.654. The number of para-hydroxylation sites is 1. The number of ether oxygens (including phenoxy) is 2. The van der Waals surface area contributed by atoms with Gasteiger partial charge in [0.2, 0.25) is 5.91 Å². The summed E-state index contributed by atoms with van der Waals surface area (Å²) < 4.78 is 11.5. The van der Waals surface area contributed by atoms with Gasteiger partial charge < -0.3 is 14.8 Å². The van der Waals surface area contributed by atoms with E-state index in [1.807, 2.05) is 41.9 Å². The molecule has 0 radical (unpaired) electrons. The molecule has 1 aliphatic rings. The lowest BCUT2D eigenvalue weighted by Gasteiger charge is -2.34. The number of carbonyl (C=O) groups excluding carboxylic acids is 1. The zero-order valence-electron chi connectivity index (χ0n) is 18.5. The van der Waals surface area contributed by atoms with Gasteiger partial charge in [0, 0.05) is 30.4 Å². The first-order valence-corrected chi connectivity index (χ1v) is 12.5. The monoisotopic (exact) mass is 472 g/mol. The number of thiazole rings is 2. The van der Waals surface area contributed by atoms with Gasteiger partial charge in [-0.25, -0.2) is 9.97 Å². The number of hydrogen-bond acceptors (Lipinski definition) is 8. The summed E-state index contributed by atoms with van der Waals surface area (Å²) in [5.74, 6) is 0.689. The molecule has 1 fully saturated rings. The molecule has 1 saturated heterocycles. The lowest BCUT2D eigenvalue weighted by atomic mass is 10.2. The van der Waals surface area contributed by atoms with Gasteiger partial charge in [0.1, 0.15) is 10.8 Å². The fourth-order valence-electron chi connectivity index (χ4n) is 3.84. The summed E-state index contributed by atoms with van der Waals surface area (Å²) in [6, 6.07) is 7.83. The van der Waals surface area contributed by atoms with Crippen molar-refractivity contribution in [3.63, 3.8) is 0 Å². The van der Waals surface area contributed by atoms with Crippen molar-refractivity contribution in [2.75, 3.05) is 25.0 Å². The molecule has 0 spiro atoms. The maximum atomic E-state index is 12.6. The minimum atomic E-state index is -0.116. The van der Waals surface area contributed by atoms with Gasteiger partial charge in [-0.15, -0.1) is 22.7 Å². The molecule has 0 saturated carbocycles. The van der Waals surface area contributed by atoms with Crippen LogP contribution in [0.1, 0.15) is 32.2 Å². The maximum Gasteiger partial charge on any atom is 0.232 e. The van der Waals surface area contributed by atoms with E-state index < -0.39 is 0 Å². The van der Waals surface area contributed by atoms with Gasteiger partial charge in [-0.2, -0.15) is 0 Å². The first kappa shape index (κ1) is 22.8. The molecule has 1 aromatic carbocycles. The Bertz CT molecular complexity index is 1040. The normalized spacial score (nSPS) is 19.1. The third kappa shape index (κ3) is 5.92. The van der Waals surface area contributed by atoms with E-state index in [4.69, 9.17) is 9.47 Å². The molecule has 1 amide bonds. The van der Waals surface area contributed by atoms with Crippen LogP contribution >= 0.6 is 22.7 Å². The van der Waals surface area contributed by atoms with Crippen LogP contribution in [0.4, 0.5) is 5.13 Å². The second-order valence-electron chi connectivity index (χ2n) is 7.89. The molecule has 2 atom stereocenters. The van der Waals surface area contributed by atoms with E-state index in [0.717, 1.165) is 47.3 Å². The van der Waals surface area contributed by atoms with Gasteiger partial charge in [0.15, 0.2) is 5.13 Å². The number of aromatic nitrogens is 2. The molecule has 0 bridgehead atoms. The molecular weight excluding hydrogens is 444 g/mol. The predicted molar refractivity (Wildman–Crippen MR) is 128 cm³/mol. The lowest BCUT2D eigenvalue weighted by molar-refractivity contribution is -0.115. The standard InChI is InChI=1S/C23H28N4O3S2/c1-4-29-20-8-6-5-7-19(20)22-24-17(13-31-22)9-21(28)26-23-25-18(14-32-23)12-27-10-15(2)30-16(3)11-27/h5-8,13-16H,4,9-12H2,1-3H3,(H,25,26,28)/t15-,16+. The number of carbonyl (C=O) groups is 1. The number of amides is 1. The third-order valence-corrected chi connectivity index (χ3v) is 6.72. The van der Waals surface area contributed by atoms with E-state index >= 15 is 0 Å². The van der Waals surface area contributed by atoms with Crippen molar-refractivity contribution >= 4 is 33.7 Å². The van der Waals surface area contributed by atoms with Crippen LogP contribution in [0.25, 0.3) is 10.6 Å². The van der Waals surface area contributed by atoms with Crippen LogP contribution in [0.3, 0.4) is 0 Å². The number of nitrogens with one attached hydrogen (secondary N) is 1. The van der Waals surface area contributed by atoms with Gasteiger partial charge in [-0.1, -0.05) is 12.1 Å². The van der Waals surface area contributed by atoms with Crippen LogP contribution in [0, 0.1) is 0 Å². The molecule has 3 aromatic rings. The molecular formula is C23H28N4O3S2. The van der Waals surface area contributed by atoms with Crippen LogP contribution in [0.5, 0.6) is 5.75 Å². The Morgan fingerprint density at radius 2 is 1.91 bits per heavy atom. The average molecular weight is 473 g/mol. The van der Waals surface area contributed by atoms with Crippen LogP contribution in [0.15, 0.2) is 35.0 Å². The topological polar surface area (TPSA) is 76.6 Å². The highest BCUT2D eigenvalue weighted by molar-refractivity contribution is 7.14. The smallest absolute Gasteiger partial charge is 0.232 e. The lowest BCUT2D eigenvalue weighted by Crippen LogP contribution is -2.44. The van der Waals surface area contributed by atoms with E-state index in [1.165, 1.54) is 22.7 Å². The Hall–Kier alpha value is -2.33. The summed E-state index contributed by atoms with van der Waals surface area (Å²) in [6.45, 7) is 9.28. The quantitative estimate of drug-likeness (QED) is 0.522. The number of nitrogens with zero attached hydrogens (tertiary/aromatic N) is 3. The molecule has 170 valence electrons. The molecule has 1 N–H and O–H groups in total. The van der Waals surface area contributed by atoms with Crippen LogP contribution in [-0.2, 0) is 22.5 Å². The first-order chi connectivity index (χ1) is 15.5. The van der Waals surface area contributed by atoms with E-state index in [9.17, 15) is 4.79 Å². The fraction of sp³-hybridized carbons (Fsp3) is 0.435. The van der Waals surface area contributed by atoms with Crippen molar-refractivity contribution in [3.05, 3.63) is 46.4 Å². The van der Waals surface area contributed by atoms with Crippen molar-refractivity contribution in [2.45, 2.75) is 45.9 Å². The molecule has 9 heteroatoms. The second kappa shape index (κ2) is 10.5. The summed E-state index contributed by atoms with van der Waals surface area (Å²) in [5, 5.41) is 8.31. The van der Waals surface area contributed by atoms with Crippen molar-refractivity contribution < 1.29 is 14.3 Å². The zero-order chi connectivity index (χ0) is 22.5. The van der Waals surface area contributed by atoms with Crippen molar-refractivity contribution in [3.8, 4) is 16.3 Å². The Morgan fingerprint density at radius 3 is 2.69 bits per heavy atom. The summed E-state index contributed by atoms with van der Waals surface area (Å²) >= 11 is 2.97. The molecule has 4 rings (SSSR count). The van der Waals surface area contributed by atoms with E-state index in [1.54, 1.807) is 0 Å². The Balaban J connectivity index is 1.33. The molecule has 7 nitrogen and oxygen atoms in total. The zero-order valence-corrected chi connectivity index (χ0v) is 20.2. The maximum absolute atomic E-state index is 12.6. The molecule has 2 aromatic heterocycles.